The van der Waals surface area contributed by atoms with Crippen LogP contribution in [0, 0.1) is 23.7 Å². The van der Waals surface area contributed by atoms with Crippen LogP contribution in [-0.4, -0.2) is 23.4 Å². The Balaban J connectivity index is 1.48. The quantitative estimate of drug-likeness (QED) is 0.709. The van der Waals surface area contributed by atoms with Crippen LogP contribution in [0.1, 0.15) is 72.6 Å². The van der Waals surface area contributed by atoms with Crippen molar-refractivity contribution < 1.29 is 9.47 Å². The second kappa shape index (κ2) is 4.71. The summed E-state index contributed by atoms with van der Waals surface area (Å²) in [6.07, 6.45) is 10.6. The van der Waals surface area contributed by atoms with Crippen molar-refractivity contribution in [2.45, 2.75) is 96.1 Å². The van der Waals surface area contributed by atoms with Crippen LogP contribution in [0.2, 0.25) is 0 Å². The fraction of sp³-hybridized carbons (Fsp3) is 1.00. The van der Waals surface area contributed by atoms with Gasteiger partial charge in [0, 0.05) is 0 Å². The molecule has 120 valence electrons. The predicted octanol–water partition coefficient (Wildman–Crippen LogP) is 4.56. The van der Waals surface area contributed by atoms with Crippen LogP contribution >= 0.6 is 0 Å². The summed E-state index contributed by atoms with van der Waals surface area (Å²) < 4.78 is 11.9. The van der Waals surface area contributed by atoms with Crippen LogP contribution in [-0.2, 0) is 9.47 Å². The van der Waals surface area contributed by atoms with Gasteiger partial charge in [-0.2, -0.15) is 0 Å². The number of epoxide rings is 2. The van der Waals surface area contributed by atoms with Gasteiger partial charge in [0.25, 0.3) is 0 Å². The van der Waals surface area contributed by atoms with Gasteiger partial charge >= 0.3 is 0 Å². The van der Waals surface area contributed by atoms with Crippen molar-refractivity contribution in [2.24, 2.45) is 23.7 Å². The van der Waals surface area contributed by atoms with Crippen molar-refractivity contribution in [1.82, 2.24) is 0 Å². The summed E-state index contributed by atoms with van der Waals surface area (Å²) in [6, 6.07) is 0. The zero-order chi connectivity index (χ0) is 14.8. The Hall–Kier alpha value is -0.0800. The van der Waals surface area contributed by atoms with Gasteiger partial charge in [-0.15, -0.1) is 0 Å². The molecule has 2 heterocycles. The fourth-order valence-corrected chi connectivity index (χ4v) is 5.69. The minimum Gasteiger partial charge on any atom is -0.366 e. The molecule has 6 unspecified atom stereocenters. The molecule has 0 bridgehead atoms. The standard InChI is InChI=1S/C19H32O2/c1-12(2)9-15(13-5-7-16-18(3,10-13)20-16)14-6-8-17-19(4,11-14)21-17/h12-17H,5-11H2,1-4H3. The van der Waals surface area contributed by atoms with E-state index in [2.05, 4.69) is 27.7 Å². The highest BCUT2D eigenvalue weighted by Crippen LogP contribution is 2.57. The summed E-state index contributed by atoms with van der Waals surface area (Å²) in [5.74, 6) is 3.49. The van der Waals surface area contributed by atoms with Gasteiger partial charge in [-0.05, 0) is 82.5 Å². The molecule has 2 aliphatic heterocycles. The van der Waals surface area contributed by atoms with E-state index < -0.39 is 0 Å². The maximum atomic E-state index is 5.96. The van der Waals surface area contributed by atoms with Crippen LogP contribution < -0.4 is 0 Å². The number of rotatable bonds is 4. The van der Waals surface area contributed by atoms with Crippen molar-refractivity contribution in [3.63, 3.8) is 0 Å². The lowest BCUT2D eigenvalue weighted by atomic mass is 9.64. The van der Waals surface area contributed by atoms with Crippen LogP contribution in [0.15, 0.2) is 0 Å². The van der Waals surface area contributed by atoms with Crippen LogP contribution in [0.25, 0.3) is 0 Å². The molecule has 21 heavy (non-hydrogen) atoms. The summed E-state index contributed by atoms with van der Waals surface area (Å²) >= 11 is 0. The molecule has 6 atom stereocenters. The third-order valence-corrected chi connectivity index (χ3v) is 6.96. The zero-order valence-electron chi connectivity index (χ0n) is 14.2. The van der Waals surface area contributed by atoms with Gasteiger partial charge in [-0.1, -0.05) is 13.8 Å². The minimum absolute atomic E-state index is 0.245. The average Bonchev–Trinajstić information content (AvgIpc) is 3.26. The SMILES string of the molecule is CC(C)CC(C1CCC2OC2(C)C1)C1CCC2OC2(C)C1. The molecule has 0 aromatic heterocycles. The highest BCUT2D eigenvalue weighted by atomic mass is 16.6. The first-order valence-electron chi connectivity index (χ1n) is 9.25. The predicted molar refractivity (Wildman–Crippen MR) is 84.2 cm³/mol. The Labute approximate surface area is 130 Å². The molecule has 2 heteroatoms. The van der Waals surface area contributed by atoms with Crippen molar-refractivity contribution in [3.05, 3.63) is 0 Å². The Kier molecular flexibility index (Phi) is 3.25. The van der Waals surface area contributed by atoms with Gasteiger partial charge in [0.2, 0.25) is 0 Å². The molecule has 4 rings (SSSR count). The molecule has 0 spiro atoms. The fourth-order valence-electron chi connectivity index (χ4n) is 5.69. The third kappa shape index (κ3) is 2.57. The van der Waals surface area contributed by atoms with E-state index in [-0.39, 0.29) is 11.2 Å². The van der Waals surface area contributed by atoms with E-state index in [1.165, 1.54) is 44.9 Å². The molecule has 0 amide bonds. The van der Waals surface area contributed by atoms with Crippen LogP contribution in [0.4, 0.5) is 0 Å². The second-order valence-corrected chi connectivity index (χ2v) is 9.21. The summed E-state index contributed by atoms with van der Waals surface area (Å²) in [7, 11) is 0. The minimum atomic E-state index is 0.245. The lowest BCUT2D eigenvalue weighted by molar-refractivity contribution is 0.107. The Morgan fingerprint density at radius 1 is 0.857 bits per heavy atom. The maximum absolute atomic E-state index is 5.96. The first kappa shape index (κ1) is 14.5. The molecular weight excluding hydrogens is 260 g/mol. The highest BCUT2D eigenvalue weighted by molar-refractivity contribution is 5.08. The smallest absolute Gasteiger partial charge is 0.0923 e. The lowest BCUT2D eigenvalue weighted by Gasteiger charge is -2.39. The molecule has 2 aliphatic carbocycles. The van der Waals surface area contributed by atoms with Gasteiger partial charge in [-0.25, -0.2) is 0 Å². The second-order valence-electron chi connectivity index (χ2n) is 9.21. The van der Waals surface area contributed by atoms with E-state index in [4.69, 9.17) is 9.47 Å². The van der Waals surface area contributed by atoms with Crippen LogP contribution in [0.5, 0.6) is 0 Å². The number of ether oxygens (including phenoxy) is 2. The van der Waals surface area contributed by atoms with Gasteiger partial charge in [0.1, 0.15) is 0 Å². The Morgan fingerprint density at radius 2 is 1.33 bits per heavy atom. The van der Waals surface area contributed by atoms with Gasteiger partial charge < -0.3 is 9.47 Å². The summed E-state index contributed by atoms with van der Waals surface area (Å²) in [4.78, 5) is 0. The molecule has 0 aromatic rings. The summed E-state index contributed by atoms with van der Waals surface area (Å²) in [5.41, 5.74) is 0.491. The molecular formula is C19H32O2. The zero-order valence-corrected chi connectivity index (χ0v) is 14.2. The van der Waals surface area contributed by atoms with Crippen molar-refractivity contribution in [2.75, 3.05) is 0 Å². The highest BCUT2D eigenvalue weighted by Gasteiger charge is 2.59. The van der Waals surface area contributed by atoms with E-state index in [1.54, 1.807) is 0 Å². The normalized spacial score (nSPS) is 53.0. The maximum Gasteiger partial charge on any atom is 0.0923 e. The number of hydrogen-bond donors (Lipinski definition) is 0. The molecule has 0 N–H and O–H groups in total. The monoisotopic (exact) mass is 292 g/mol. The first-order valence-corrected chi connectivity index (χ1v) is 9.25. The van der Waals surface area contributed by atoms with Gasteiger partial charge in [-0.3, -0.25) is 0 Å². The molecule has 2 saturated heterocycles. The molecule has 4 fully saturated rings. The molecule has 2 saturated carbocycles. The third-order valence-electron chi connectivity index (χ3n) is 6.96. The van der Waals surface area contributed by atoms with Crippen molar-refractivity contribution in [3.8, 4) is 0 Å². The topological polar surface area (TPSA) is 25.1 Å². The summed E-state index contributed by atoms with van der Waals surface area (Å²) in [5, 5.41) is 0. The van der Waals surface area contributed by atoms with Crippen molar-refractivity contribution in [1.29, 1.82) is 0 Å². The van der Waals surface area contributed by atoms with Crippen molar-refractivity contribution >= 4 is 0 Å². The van der Waals surface area contributed by atoms with E-state index in [0.29, 0.717) is 12.2 Å². The van der Waals surface area contributed by atoms with Crippen LogP contribution in [0.3, 0.4) is 0 Å². The molecule has 0 radical (unpaired) electrons. The number of hydrogen-bond acceptors (Lipinski definition) is 2. The summed E-state index contributed by atoms with van der Waals surface area (Å²) in [6.45, 7) is 9.49. The number of fused-ring (bicyclic) bond motifs is 2. The Morgan fingerprint density at radius 3 is 1.71 bits per heavy atom. The largest absolute Gasteiger partial charge is 0.366 e. The average molecular weight is 292 g/mol. The molecule has 0 aromatic carbocycles. The van der Waals surface area contributed by atoms with E-state index in [1.807, 2.05) is 0 Å². The van der Waals surface area contributed by atoms with E-state index in [0.717, 1.165) is 23.7 Å². The lowest BCUT2D eigenvalue weighted by Crippen LogP contribution is -2.36. The van der Waals surface area contributed by atoms with E-state index >= 15 is 0 Å². The molecule has 4 aliphatic rings. The van der Waals surface area contributed by atoms with E-state index in [9.17, 15) is 0 Å². The Bertz CT molecular complexity index is 386. The first-order chi connectivity index (χ1) is 9.90. The van der Waals surface area contributed by atoms with Gasteiger partial charge in [0.05, 0.1) is 23.4 Å². The van der Waals surface area contributed by atoms with Gasteiger partial charge in [0.15, 0.2) is 0 Å². The molecule has 2 nitrogen and oxygen atoms in total.